The second-order valence-electron chi connectivity index (χ2n) is 6.58. The minimum atomic E-state index is -0.588. The van der Waals surface area contributed by atoms with Crippen LogP contribution < -0.4 is 33.1 Å². The number of nitrogens with two attached hydrogens (primary N) is 3. The van der Waals surface area contributed by atoms with E-state index in [2.05, 4.69) is 25.3 Å². The number of piperidine rings is 1. The number of carbonyl (C=O) groups is 1. The number of nitrogens with zero attached hydrogens (tertiary/aromatic N) is 4. The number of rotatable bonds is 4. The lowest BCUT2D eigenvalue weighted by molar-refractivity contribution is -0.122. The molecule has 1 saturated heterocycles. The van der Waals surface area contributed by atoms with Crippen molar-refractivity contribution in [2.75, 3.05) is 23.3 Å². The maximum atomic E-state index is 11.9. The van der Waals surface area contributed by atoms with Crippen molar-refractivity contribution < 1.29 is 4.79 Å². The first-order valence-corrected chi connectivity index (χ1v) is 9.07. The van der Waals surface area contributed by atoms with Crippen molar-refractivity contribution in [2.24, 2.45) is 33.1 Å². The van der Waals surface area contributed by atoms with E-state index >= 15 is 0 Å². The smallest absolute Gasteiger partial charge is 0.348 e. The highest BCUT2D eigenvalue weighted by Crippen LogP contribution is 2.22. The molecule has 1 aliphatic rings. The summed E-state index contributed by atoms with van der Waals surface area (Å²) in [5.41, 5.74) is 17.2. The molecule has 2 aromatic rings. The van der Waals surface area contributed by atoms with Crippen LogP contribution in [0.4, 0.5) is 17.3 Å². The summed E-state index contributed by atoms with van der Waals surface area (Å²) in [4.78, 5) is 39.8. The van der Waals surface area contributed by atoms with Gasteiger partial charge in [0.2, 0.25) is 17.8 Å². The SMILES string of the molecule is NC(=O)C1CCCN(c2cc(N=C(N)N=C(N)Nc3ccccc3)[nH]c(=O)n2)C1. The molecule has 1 fully saturated rings. The van der Waals surface area contributed by atoms with Crippen molar-refractivity contribution in [3.8, 4) is 0 Å². The number of primary amides is 1. The molecule has 11 nitrogen and oxygen atoms in total. The Labute approximate surface area is 166 Å². The number of para-hydroxylation sites is 1. The number of aromatic amines is 1. The molecule has 1 aromatic heterocycles. The molecule has 0 spiro atoms. The van der Waals surface area contributed by atoms with Gasteiger partial charge in [-0.2, -0.15) is 15.0 Å². The normalized spacial score (nSPS) is 17.8. The fraction of sp³-hybridized carbons (Fsp3) is 0.278. The lowest BCUT2D eigenvalue weighted by atomic mass is 9.97. The Morgan fingerprint density at radius 2 is 2.00 bits per heavy atom. The third-order valence-electron chi connectivity index (χ3n) is 4.38. The van der Waals surface area contributed by atoms with Gasteiger partial charge in [0.15, 0.2) is 0 Å². The molecular formula is C18H23N9O2. The first-order chi connectivity index (χ1) is 13.9. The standard InChI is InChI=1S/C18H23N9O2/c19-15(28)11-5-4-8-27(10-11)14-9-13(24-18(29)25-14)23-17(21)26-16(20)22-12-6-2-1-3-7-12/h1-3,6-7,9,11H,4-5,8,10H2,(H2,19,28)(H6,20,21,22,23,24,25,26,29). The van der Waals surface area contributed by atoms with E-state index in [0.29, 0.717) is 18.9 Å². The van der Waals surface area contributed by atoms with E-state index < -0.39 is 5.69 Å². The molecule has 1 aromatic carbocycles. The van der Waals surface area contributed by atoms with Crippen LogP contribution in [0.15, 0.2) is 51.2 Å². The van der Waals surface area contributed by atoms with Crippen LogP contribution in [0.25, 0.3) is 0 Å². The van der Waals surface area contributed by atoms with Crippen molar-refractivity contribution in [3.05, 3.63) is 46.9 Å². The number of aliphatic imine (C=N–C) groups is 2. The second-order valence-corrected chi connectivity index (χ2v) is 6.58. The quantitative estimate of drug-likeness (QED) is 0.351. The largest absolute Gasteiger partial charge is 0.369 e. The van der Waals surface area contributed by atoms with E-state index in [1.807, 2.05) is 35.2 Å². The minimum Gasteiger partial charge on any atom is -0.369 e. The minimum absolute atomic E-state index is 0.0504. The molecule has 8 N–H and O–H groups in total. The van der Waals surface area contributed by atoms with Gasteiger partial charge in [-0.3, -0.25) is 9.78 Å². The van der Waals surface area contributed by atoms with Gasteiger partial charge in [0.25, 0.3) is 0 Å². The maximum absolute atomic E-state index is 11.9. The molecule has 0 radical (unpaired) electrons. The highest BCUT2D eigenvalue weighted by atomic mass is 16.1. The molecule has 1 unspecified atom stereocenters. The molecule has 11 heteroatoms. The Balaban J connectivity index is 1.77. The Morgan fingerprint density at radius 3 is 2.72 bits per heavy atom. The summed E-state index contributed by atoms with van der Waals surface area (Å²) in [6.45, 7) is 1.06. The third kappa shape index (κ3) is 5.54. The number of aromatic nitrogens is 2. The van der Waals surface area contributed by atoms with E-state index in [0.717, 1.165) is 18.5 Å². The van der Waals surface area contributed by atoms with Crippen LogP contribution in [-0.4, -0.2) is 40.9 Å². The van der Waals surface area contributed by atoms with Crippen LogP contribution in [0.3, 0.4) is 0 Å². The van der Waals surface area contributed by atoms with Gasteiger partial charge in [-0.1, -0.05) is 18.2 Å². The number of amides is 1. The van der Waals surface area contributed by atoms with Crippen LogP contribution in [0, 0.1) is 5.92 Å². The highest BCUT2D eigenvalue weighted by molar-refractivity contribution is 6.01. The highest BCUT2D eigenvalue weighted by Gasteiger charge is 2.25. The summed E-state index contributed by atoms with van der Waals surface area (Å²) in [5.74, 6) is -0.171. The van der Waals surface area contributed by atoms with E-state index in [4.69, 9.17) is 17.2 Å². The second kappa shape index (κ2) is 8.87. The molecule has 152 valence electrons. The van der Waals surface area contributed by atoms with E-state index in [1.165, 1.54) is 0 Å². The van der Waals surface area contributed by atoms with Gasteiger partial charge in [0.1, 0.15) is 11.6 Å². The average molecular weight is 397 g/mol. The van der Waals surface area contributed by atoms with Crippen molar-refractivity contribution in [1.29, 1.82) is 0 Å². The van der Waals surface area contributed by atoms with Gasteiger partial charge < -0.3 is 27.4 Å². The Hall–Kier alpha value is -3.89. The van der Waals surface area contributed by atoms with Crippen molar-refractivity contribution in [1.82, 2.24) is 9.97 Å². The molecule has 1 aliphatic heterocycles. The molecule has 29 heavy (non-hydrogen) atoms. The monoisotopic (exact) mass is 397 g/mol. The maximum Gasteiger partial charge on any atom is 0.348 e. The fourth-order valence-corrected chi connectivity index (χ4v) is 3.04. The van der Waals surface area contributed by atoms with Crippen molar-refractivity contribution in [3.63, 3.8) is 0 Å². The lowest BCUT2D eigenvalue weighted by Crippen LogP contribution is -2.42. The molecule has 3 rings (SSSR count). The first-order valence-electron chi connectivity index (χ1n) is 9.07. The summed E-state index contributed by atoms with van der Waals surface area (Å²) in [6, 6.07) is 10.8. The zero-order valence-electron chi connectivity index (χ0n) is 15.7. The summed E-state index contributed by atoms with van der Waals surface area (Å²) >= 11 is 0. The van der Waals surface area contributed by atoms with Crippen LogP contribution in [-0.2, 0) is 4.79 Å². The van der Waals surface area contributed by atoms with Gasteiger partial charge in [-0.25, -0.2) is 4.79 Å². The number of benzene rings is 1. The topological polar surface area (TPSA) is 181 Å². The number of nitrogens with one attached hydrogen (secondary N) is 2. The first kappa shape index (κ1) is 19.9. The van der Waals surface area contributed by atoms with Crippen LogP contribution in [0.5, 0.6) is 0 Å². The van der Waals surface area contributed by atoms with Gasteiger partial charge in [-0.05, 0) is 25.0 Å². The summed E-state index contributed by atoms with van der Waals surface area (Å²) < 4.78 is 0. The lowest BCUT2D eigenvalue weighted by Gasteiger charge is -2.31. The number of H-pyrrole nitrogens is 1. The Kier molecular flexibility index (Phi) is 6.07. The molecular weight excluding hydrogens is 374 g/mol. The van der Waals surface area contributed by atoms with Crippen molar-refractivity contribution >= 4 is 35.1 Å². The van der Waals surface area contributed by atoms with Crippen molar-refractivity contribution in [2.45, 2.75) is 12.8 Å². The Morgan fingerprint density at radius 1 is 1.24 bits per heavy atom. The molecule has 0 aliphatic carbocycles. The molecule has 1 atom stereocenters. The van der Waals surface area contributed by atoms with Gasteiger partial charge >= 0.3 is 5.69 Å². The van der Waals surface area contributed by atoms with Crippen LogP contribution in [0.1, 0.15) is 12.8 Å². The van der Waals surface area contributed by atoms with E-state index in [1.54, 1.807) is 6.07 Å². The number of guanidine groups is 2. The zero-order valence-corrected chi connectivity index (χ0v) is 15.7. The number of hydrogen-bond acceptors (Lipinski definition) is 5. The molecule has 0 bridgehead atoms. The van der Waals surface area contributed by atoms with E-state index in [9.17, 15) is 9.59 Å². The summed E-state index contributed by atoms with van der Waals surface area (Å²) in [7, 11) is 0. The zero-order chi connectivity index (χ0) is 20.8. The van der Waals surface area contributed by atoms with Gasteiger partial charge in [-0.15, -0.1) is 0 Å². The Bertz CT molecular complexity index is 984. The predicted molar refractivity (Wildman–Crippen MR) is 112 cm³/mol. The van der Waals surface area contributed by atoms with E-state index in [-0.39, 0.29) is 29.6 Å². The number of carbonyl (C=O) groups excluding carboxylic acids is 1. The van der Waals surface area contributed by atoms with Crippen LogP contribution in [0.2, 0.25) is 0 Å². The van der Waals surface area contributed by atoms with Gasteiger partial charge in [0, 0.05) is 24.8 Å². The van der Waals surface area contributed by atoms with Gasteiger partial charge in [0.05, 0.1) is 5.92 Å². The average Bonchev–Trinajstić information content (AvgIpc) is 2.68. The third-order valence-corrected chi connectivity index (χ3v) is 4.38. The number of anilines is 2. The summed E-state index contributed by atoms with van der Waals surface area (Å²) in [6.07, 6.45) is 1.49. The number of hydrogen-bond donors (Lipinski definition) is 5. The predicted octanol–water partition coefficient (Wildman–Crippen LogP) is -0.155. The molecule has 2 heterocycles. The van der Waals surface area contributed by atoms with Crippen LogP contribution >= 0.6 is 0 Å². The molecule has 1 amide bonds. The fourth-order valence-electron chi connectivity index (χ4n) is 3.04. The molecule has 0 saturated carbocycles. The summed E-state index contributed by atoms with van der Waals surface area (Å²) in [5, 5.41) is 2.88.